The van der Waals surface area contributed by atoms with Crippen molar-refractivity contribution in [3.63, 3.8) is 0 Å². The molecule has 0 aromatic carbocycles. The Kier molecular flexibility index (Phi) is 2.72. The Hall–Kier alpha value is -0.0400. The van der Waals surface area contributed by atoms with Crippen LogP contribution in [0.15, 0.2) is 0 Å². The van der Waals surface area contributed by atoms with Crippen molar-refractivity contribution < 1.29 is 0 Å². The van der Waals surface area contributed by atoms with Crippen LogP contribution in [0.2, 0.25) is 0 Å². The lowest BCUT2D eigenvalue weighted by Gasteiger charge is -2.34. The molecule has 60 valence electrons. The highest BCUT2D eigenvalue weighted by molar-refractivity contribution is 4.73. The van der Waals surface area contributed by atoms with E-state index in [0.717, 1.165) is 11.8 Å². The topological polar surface area (TPSA) is 3.24 Å². The standard InChI is InChI=1S/C9H19N/c1-4-10-6-5-8(2)9(3)7-10/h8-9H,4-7H2,1-3H3/t8-,9+/m0/s1. The van der Waals surface area contributed by atoms with Gasteiger partial charge in [-0.05, 0) is 31.3 Å². The van der Waals surface area contributed by atoms with Gasteiger partial charge in [-0.25, -0.2) is 0 Å². The molecule has 0 aromatic heterocycles. The third-order valence-corrected chi connectivity index (χ3v) is 2.87. The lowest BCUT2D eigenvalue weighted by molar-refractivity contribution is 0.145. The lowest BCUT2D eigenvalue weighted by Crippen LogP contribution is -2.37. The molecule has 0 bridgehead atoms. The molecule has 2 atom stereocenters. The Morgan fingerprint density at radius 1 is 1.30 bits per heavy atom. The Labute approximate surface area is 64.4 Å². The number of likely N-dealkylation sites (tertiary alicyclic amines) is 1. The van der Waals surface area contributed by atoms with E-state index >= 15 is 0 Å². The highest BCUT2D eigenvalue weighted by Gasteiger charge is 2.20. The quantitative estimate of drug-likeness (QED) is 0.540. The maximum Gasteiger partial charge on any atom is 0.000946 e. The summed E-state index contributed by atoms with van der Waals surface area (Å²) >= 11 is 0. The van der Waals surface area contributed by atoms with Crippen LogP contribution in [0.1, 0.15) is 27.2 Å². The predicted octanol–water partition coefficient (Wildman–Crippen LogP) is 1.98. The fraction of sp³-hybridized carbons (Fsp3) is 1.00. The Morgan fingerprint density at radius 2 is 2.00 bits per heavy atom. The predicted molar refractivity (Wildman–Crippen MR) is 45.1 cm³/mol. The largest absolute Gasteiger partial charge is 0.303 e. The molecule has 0 aliphatic carbocycles. The van der Waals surface area contributed by atoms with Crippen LogP contribution in [0.5, 0.6) is 0 Å². The molecule has 1 heterocycles. The van der Waals surface area contributed by atoms with Crippen LogP contribution in [0.25, 0.3) is 0 Å². The molecule has 0 N–H and O–H groups in total. The van der Waals surface area contributed by atoms with Gasteiger partial charge in [-0.1, -0.05) is 20.8 Å². The Balaban J connectivity index is 2.33. The van der Waals surface area contributed by atoms with Crippen molar-refractivity contribution in [3.8, 4) is 0 Å². The number of hydrogen-bond acceptors (Lipinski definition) is 1. The van der Waals surface area contributed by atoms with Crippen molar-refractivity contribution in [2.45, 2.75) is 27.2 Å². The van der Waals surface area contributed by atoms with Gasteiger partial charge in [0.2, 0.25) is 0 Å². The number of nitrogens with zero attached hydrogens (tertiary/aromatic N) is 1. The molecule has 1 nitrogen and oxygen atoms in total. The maximum absolute atomic E-state index is 2.55. The van der Waals surface area contributed by atoms with Gasteiger partial charge in [0.1, 0.15) is 0 Å². The van der Waals surface area contributed by atoms with Crippen LogP contribution < -0.4 is 0 Å². The Bertz CT molecular complexity index is 101. The first-order valence-corrected chi connectivity index (χ1v) is 4.46. The molecule has 1 fully saturated rings. The smallest absolute Gasteiger partial charge is 0.000946 e. The summed E-state index contributed by atoms with van der Waals surface area (Å²) in [6.45, 7) is 10.9. The average Bonchev–Trinajstić information content (AvgIpc) is 1.95. The van der Waals surface area contributed by atoms with E-state index in [-0.39, 0.29) is 0 Å². The molecule has 0 aromatic rings. The molecule has 0 radical (unpaired) electrons. The summed E-state index contributed by atoms with van der Waals surface area (Å²) in [4.78, 5) is 2.55. The SMILES string of the molecule is CCN1CC[C@H](C)[C@H](C)C1. The normalized spacial score (nSPS) is 36.3. The van der Waals surface area contributed by atoms with Crippen molar-refractivity contribution in [2.24, 2.45) is 11.8 Å². The molecule has 1 saturated heterocycles. The first kappa shape index (κ1) is 8.06. The minimum absolute atomic E-state index is 0.911. The molecule has 10 heavy (non-hydrogen) atoms. The van der Waals surface area contributed by atoms with Crippen molar-refractivity contribution in [1.82, 2.24) is 4.90 Å². The number of rotatable bonds is 1. The second kappa shape index (κ2) is 3.38. The van der Waals surface area contributed by atoms with E-state index in [4.69, 9.17) is 0 Å². The molecule has 1 heteroatoms. The Morgan fingerprint density at radius 3 is 2.50 bits per heavy atom. The third-order valence-electron chi connectivity index (χ3n) is 2.87. The molecule has 0 amide bonds. The molecule has 1 aliphatic heterocycles. The second-order valence-corrected chi connectivity index (χ2v) is 3.64. The van der Waals surface area contributed by atoms with E-state index in [2.05, 4.69) is 25.7 Å². The van der Waals surface area contributed by atoms with Crippen molar-refractivity contribution >= 4 is 0 Å². The van der Waals surface area contributed by atoms with E-state index < -0.39 is 0 Å². The zero-order valence-corrected chi connectivity index (χ0v) is 7.43. The summed E-state index contributed by atoms with van der Waals surface area (Å²) in [5.41, 5.74) is 0. The maximum atomic E-state index is 2.55. The summed E-state index contributed by atoms with van der Waals surface area (Å²) in [7, 11) is 0. The van der Waals surface area contributed by atoms with Gasteiger partial charge in [0.25, 0.3) is 0 Å². The fourth-order valence-electron chi connectivity index (χ4n) is 1.64. The minimum Gasteiger partial charge on any atom is -0.303 e. The van der Waals surface area contributed by atoms with Crippen molar-refractivity contribution in [3.05, 3.63) is 0 Å². The molecule has 0 unspecified atom stereocenters. The first-order chi connectivity index (χ1) is 4.74. The zero-order valence-electron chi connectivity index (χ0n) is 7.43. The van der Waals surface area contributed by atoms with Gasteiger partial charge in [-0.2, -0.15) is 0 Å². The van der Waals surface area contributed by atoms with E-state index in [1.807, 2.05) is 0 Å². The van der Waals surface area contributed by atoms with Crippen LogP contribution >= 0.6 is 0 Å². The van der Waals surface area contributed by atoms with Crippen LogP contribution in [0.3, 0.4) is 0 Å². The summed E-state index contributed by atoms with van der Waals surface area (Å²) in [5, 5.41) is 0. The average molecular weight is 141 g/mol. The number of hydrogen-bond donors (Lipinski definition) is 0. The molecule has 1 aliphatic rings. The van der Waals surface area contributed by atoms with Gasteiger partial charge >= 0.3 is 0 Å². The summed E-state index contributed by atoms with van der Waals surface area (Å²) < 4.78 is 0. The highest BCUT2D eigenvalue weighted by Crippen LogP contribution is 2.21. The molecule has 0 spiro atoms. The van der Waals surface area contributed by atoms with Crippen LogP contribution in [-0.4, -0.2) is 24.5 Å². The molecular formula is C9H19N. The summed E-state index contributed by atoms with van der Waals surface area (Å²) in [6.07, 6.45) is 1.40. The third kappa shape index (κ3) is 1.72. The molecule has 1 rings (SSSR count). The van der Waals surface area contributed by atoms with Gasteiger partial charge in [-0.3, -0.25) is 0 Å². The van der Waals surface area contributed by atoms with Gasteiger partial charge in [0.05, 0.1) is 0 Å². The van der Waals surface area contributed by atoms with Gasteiger partial charge in [0, 0.05) is 6.54 Å². The first-order valence-electron chi connectivity index (χ1n) is 4.46. The zero-order chi connectivity index (χ0) is 7.56. The van der Waals surface area contributed by atoms with E-state index in [1.165, 1.54) is 26.1 Å². The van der Waals surface area contributed by atoms with Crippen LogP contribution in [-0.2, 0) is 0 Å². The van der Waals surface area contributed by atoms with Crippen LogP contribution in [0, 0.1) is 11.8 Å². The van der Waals surface area contributed by atoms with E-state index in [1.54, 1.807) is 0 Å². The van der Waals surface area contributed by atoms with Crippen molar-refractivity contribution in [2.75, 3.05) is 19.6 Å². The second-order valence-electron chi connectivity index (χ2n) is 3.64. The fourth-order valence-corrected chi connectivity index (χ4v) is 1.64. The lowest BCUT2D eigenvalue weighted by atomic mass is 9.89. The number of piperidine rings is 1. The monoisotopic (exact) mass is 141 g/mol. The van der Waals surface area contributed by atoms with E-state index in [9.17, 15) is 0 Å². The molecule has 0 saturated carbocycles. The van der Waals surface area contributed by atoms with Gasteiger partial charge < -0.3 is 4.90 Å². The summed E-state index contributed by atoms with van der Waals surface area (Å²) in [6, 6.07) is 0. The van der Waals surface area contributed by atoms with Gasteiger partial charge in [-0.15, -0.1) is 0 Å². The highest BCUT2D eigenvalue weighted by atomic mass is 15.1. The molecular weight excluding hydrogens is 122 g/mol. The van der Waals surface area contributed by atoms with E-state index in [0.29, 0.717) is 0 Å². The minimum atomic E-state index is 0.911. The van der Waals surface area contributed by atoms with Crippen LogP contribution in [0.4, 0.5) is 0 Å². The van der Waals surface area contributed by atoms with Crippen molar-refractivity contribution in [1.29, 1.82) is 0 Å². The summed E-state index contributed by atoms with van der Waals surface area (Å²) in [5.74, 6) is 1.86. The van der Waals surface area contributed by atoms with Gasteiger partial charge in [0.15, 0.2) is 0 Å².